The lowest BCUT2D eigenvalue weighted by Crippen LogP contribution is -2.32. The summed E-state index contributed by atoms with van der Waals surface area (Å²) in [5, 5.41) is 4.24. The van der Waals surface area contributed by atoms with E-state index in [0.29, 0.717) is 12.5 Å². The first-order valence-electron chi connectivity index (χ1n) is 7.20. The van der Waals surface area contributed by atoms with Crippen molar-refractivity contribution in [2.45, 2.75) is 37.1 Å². The highest BCUT2D eigenvalue weighted by atomic mass is 35.5. The Kier molecular flexibility index (Phi) is 8.71. The van der Waals surface area contributed by atoms with Gasteiger partial charge in [0.2, 0.25) is 0 Å². The van der Waals surface area contributed by atoms with E-state index < -0.39 is 9.84 Å². The Labute approximate surface area is 137 Å². The molecule has 1 aromatic rings. The lowest BCUT2D eigenvalue weighted by molar-refractivity contribution is 0.512. The fourth-order valence-corrected chi connectivity index (χ4v) is 3.74. The maximum absolute atomic E-state index is 11.2. The molecule has 0 amide bonds. The Morgan fingerprint density at radius 3 is 2.52 bits per heavy atom. The average Bonchev–Trinajstić information content (AvgIpc) is 2.41. The molecule has 1 aromatic carbocycles. The van der Waals surface area contributed by atoms with E-state index in [-0.39, 0.29) is 5.75 Å². The van der Waals surface area contributed by atoms with Gasteiger partial charge in [-0.2, -0.15) is 0 Å². The van der Waals surface area contributed by atoms with Gasteiger partial charge in [-0.15, -0.1) is 11.8 Å². The molecule has 3 nitrogen and oxygen atoms in total. The van der Waals surface area contributed by atoms with Crippen LogP contribution in [0, 0.1) is 0 Å². The van der Waals surface area contributed by atoms with Gasteiger partial charge < -0.3 is 5.32 Å². The summed E-state index contributed by atoms with van der Waals surface area (Å²) in [5.74, 6) is 1.20. The molecule has 0 radical (unpaired) electrons. The second kappa shape index (κ2) is 9.72. The Morgan fingerprint density at radius 2 is 1.95 bits per heavy atom. The van der Waals surface area contributed by atoms with Crippen molar-refractivity contribution in [3.05, 3.63) is 29.3 Å². The Bertz CT molecular complexity index is 503. The van der Waals surface area contributed by atoms with Crippen LogP contribution in [-0.2, 0) is 9.84 Å². The standard InChI is InChI=1S/C15H24ClNO2S2/c1-3-10-17-14(5-4-11-21(2,18)19)12-20-15-8-6-13(16)7-9-15/h6-9,14,17H,3-5,10-12H2,1-2H3. The van der Waals surface area contributed by atoms with Crippen LogP contribution < -0.4 is 5.32 Å². The quantitative estimate of drug-likeness (QED) is 0.655. The molecule has 1 N–H and O–H groups in total. The molecule has 0 aromatic heterocycles. The molecule has 0 saturated heterocycles. The molecule has 120 valence electrons. The highest BCUT2D eigenvalue weighted by molar-refractivity contribution is 7.99. The summed E-state index contributed by atoms with van der Waals surface area (Å²) in [5.41, 5.74) is 0. The molecule has 0 saturated carbocycles. The molecular formula is C15H24ClNO2S2. The zero-order valence-corrected chi connectivity index (χ0v) is 15.0. The predicted molar refractivity (Wildman–Crippen MR) is 93.2 cm³/mol. The first-order valence-corrected chi connectivity index (χ1v) is 10.6. The van der Waals surface area contributed by atoms with Crippen molar-refractivity contribution in [3.63, 3.8) is 0 Å². The van der Waals surface area contributed by atoms with Crippen molar-refractivity contribution >= 4 is 33.2 Å². The van der Waals surface area contributed by atoms with Gasteiger partial charge in [0, 0.05) is 33.7 Å². The predicted octanol–water partition coefficient (Wildman–Crippen LogP) is 3.63. The zero-order chi connectivity index (χ0) is 15.7. The summed E-state index contributed by atoms with van der Waals surface area (Å²) in [4.78, 5) is 1.19. The number of sulfone groups is 1. The Morgan fingerprint density at radius 1 is 1.29 bits per heavy atom. The third-order valence-corrected chi connectivity index (χ3v) is 5.47. The SMILES string of the molecule is CCCNC(CCCS(C)(=O)=O)CSc1ccc(Cl)cc1. The van der Waals surface area contributed by atoms with Crippen molar-refractivity contribution in [3.8, 4) is 0 Å². The number of benzene rings is 1. The monoisotopic (exact) mass is 349 g/mol. The second-order valence-electron chi connectivity index (χ2n) is 5.19. The van der Waals surface area contributed by atoms with Crippen LogP contribution >= 0.6 is 23.4 Å². The van der Waals surface area contributed by atoms with E-state index in [1.807, 2.05) is 24.3 Å². The summed E-state index contributed by atoms with van der Waals surface area (Å²) >= 11 is 7.65. The van der Waals surface area contributed by atoms with Crippen molar-refractivity contribution < 1.29 is 8.42 Å². The minimum atomic E-state index is -2.86. The van der Waals surface area contributed by atoms with Gasteiger partial charge in [0.05, 0.1) is 0 Å². The van der Waals surface area contributed by atoms with Crippen molar-refractivity contribution in [2.24, 2.45) is 0 Å². The van der Waals surface area contributed by atoms with Crippen LogP contribution in [0.25, 0.3) is 0 Å². The van der Waals surface area contributed by atoms with Gasteiger partial charge in [0.15, 0.2) is 0 Å². The maximum atomic E-state index is 11.2. The van der Waals surface area contributed by atoms with Gasteiger partial charge in [0.1, 0.15) is 9.84 Å². The third kappa shape index (κ3) is 9.40. The summed E-state index contributed by atoms with van der Waals surface area (Å²) in [6, 6.07) is 8.15. The molecule has 6 heteroatoms. The van der Waals surface area contributed by atoms with Crippen molar-refractivity contribution in [1.29, 1.82) is 0 Å². The fraction of sp³-hybridized carbons (Fsp3) is 0.600. The molecule has 0 aliphatic carbocycles. The largest absolute Gasteiger partial charge is 0.313 e. The molecule has 0 aliphatic rings. The van der Waals surface area contributed by atoms with E-state index in [0.717, 1.165) is 30.2 Å². The highest BCUT2D eigenvalue weighted by Gasteiger charge is 2.10. The number of halogens is 1. The van der Waals surface area contributed by atoms with Crippen LogP contribution in [0.3, 0.4) is 0 Å². The number of rotatable bonds is 10. The van der Waals surface area contributed by atoms with Gasteiger partial charge >= 0.3 is 0 Å². The van der Waals surface area contributed by atoms with E-state index in [9.17, 15) is 8.42 Å². The average molecular weight is 350 g/mol. The Balaban J connectivity index is 2.43. The van der Waals surface area contributed by atoms with E-state index in [2.05, 4.69) is 12.2 Å². The highest BCUT2D eigenvalue weighted by Crippen LogP contribution is 2.22. The number of hydrogen-bond donors (Lipinski definition) is 1. The first kappa shape index (κ1) is 18.8. The van der Waals surface area contributed by atoms with Crippen molar-refractivity contribution in [1.82, 2.24) is 5.32 Å². The van der Waals surface area contributed by atoms with Crippen LogP contribution in [0.2, 0.25) is 5.02 Å². The van der Waals surface area contributed by atoms with Gasteiger partial charge in [0.25, 0.3) is 0 Å². The van der Waals surface area contributed by atoms with E-state index in [4.69, 9.17) is 11.6 Å². The lowest BCUT2D eigenvalue weighted by atomic mass is 10.2. The van der Waals surface area contributed by atoms with Gasteiger partial charge in [-0.1, -0.05) is 18.5 Å². The number of hydrogen-bond acceptors (Lipinski definition) is 4. The van der Waals surface area contributed by atoms with E-state index in [1.165, 1.54) is 11.2 Å². The molecule has 21 heavy (non-hydrogen) atoms. The molecule has 1 unspecified atom stereocenters. The summed E-state index contributed by atoms with van der Waals surface area (Å²) in [7, 11) is -2.86. The topological polar surface area (TPSA) is 46.2 Å². The van der Waals surface area contributed by atoms with E-state index >= 15 is 0 Å². The summed E-state index contributed by atoms with van der Waals surface area (Å²) in [6.07, 6.45) is 3.97. The minimum absolute atomic E-state index is 0.267. The van der Waals surface area contributed by atoms with Gasteiger partial charge in [-0.3, -0.25) is 0 Å². The number of nitrogens with one attached hydrogen (secondary N) is 1. The molecule has 1 atom stereocenters. The van der Waals surface area contributed by atoms with Crippen molar-refractivity contribution in [2.75, 3.05) is 24.3 Å². The molecular weight excluding hydrogens is 326 g/mol. The van der Waals surface area contributed by atoms with E-state index in [1.54, 1.807) is 11.8 Å². The first-order chi connectivity index (χ1) is 9.90. The zero-order valence-electron chi connectivity index (χ0n) is 12.6. The smallest absolute Gasteiger partial charge is 0.147 e. The maximum Gasteiger partial charge on any atom is 0.147 e. The Hall–Kier alpha value is -0.230. The number of thioether (sulfide) groups is 1. The molecule has 0 spiro atoms. The van der Waals surface area contributed by atoms with Crippen LogP contribution in [0.4, 0.5) is 0 Å². The van der Waals surface area contributed by atoms with Crippen LogP contribution in [0.1, 0.15) is 26.2 Å². The van der Waals surface area contributed by atoms with Crippen LogP contribution in [0.15, 0.2) is 29.2 Å². The molecule has 1 rings (SSSR count). The van der Waals surface area contributed by atoms with Gasteiger partial charge in [-0.25, -0.2) is 8.42 Å². The summed E-state index contributed by atoms with van der Waals surface area (Å²) < 4.78 is 22.4. The van der Waals surface area contributed by atoms with Crippen LogP contribution in [-0.4, -0.2) is 38.8 Å². The van der Waals surface area contributed by atoms with Gasteiger partial charge in [-0.05, 0) is 50.1 Å². The lowest BCUT2D eigenvalue weighted by Gasteiger charge is -2.18. The molecule has 0 aliphatic heterocycles. The fourth-order valence-electron chi connectivity index (χ4n) is 1.91. The normalized spacial score (nSPS) is 13.3. The molecule has 0 fully saturated rings. The minimum Gasteiger partial charge on any atom is -0.313 e. The summed E-state index contributed by atoms with van der Waals surface area (Å²) in [6.45, 7) is 3.09. The second-order valence-corrected chi connectivity index (χ2v) is 8.98. The molecule has 0 heterocycles. The third-order valence-electron chi connectivity index (χ3n) is 3.02. The molecule has 0 bridgehead atoms. The van der Waals surface area contributed by atoms with Crippen LogP contribution in [0.5, 0.6) is 0 Å².